The molecule has 110 valence electrons. The lowest BCUT2D eigenvalue weighted by atomic mass is 10.2. The molecule has 0 bridgehead atoms. The first-order valence-electron chi connectivity index (χ1n) is 5.88. The van der Waals surface area contributed by atoms with Crippen molar-refractivity contribution in [2.75, 3.05) is 17.7 Å². The predicted molar refractivity (Wildman–Crippen MR) is 76.3 cm³/mol. The van der Waals surface area contributed by atoms with E-state index in [1.165, 1.54) is 24.3 Å². The number of ether oxygens (including phenoxy) is 1. The minimum atomic E-state index is -0.638. The lowest BCUT2D eigenvalue weighted by molar-refractivity contribution is -0.118. The van der Waals surface area contributed by atoms with Gasteiger partial charge in [-0.1, -0.05) is 11.6 Å². The lowest BCUT2D eigenvalue weighted by Gasteiger charge is -2.08. The Kier molecular flexibility index (Phi) is 4.59. The summed E-state index contributed by atoms with van der Waals surface area (Å²) in [6, 6.07) is 7.63. The average molecular weight is 313 g/mol. The van der Waals surface area contributed by atoms with E-state index in [4.69, 9.17) is 22.1 Å². The molecule has 0 aliphatic rings. The third-order valence-corrected chi connectivity index (χ3v) is 2.85. The van der Waals surface area contributed by atoms with Crippen molar-refractivity contribution in [2.45, 2.75) is 0 Å². The molecule has 4 nitrogen and oxygen atoms in total. The summed E-state index contributed by atoms with van der Waals surface area (Å²) in [6.07, 6.45) is 0. The SMILES string of the molecule is Nc1cc(NC(=O)COc2ccc(Cl)c(F)c2)ccc1F. The zero-order valence-electron chi connectivity index (χ0n) is 10.7. The molecule has 0 fully saturated rings. The standard InChI is InChI=1S/C14H11ClF2N2O2/c15-10-3-2-9(6-12(10)17)21-7-14(20)19-8-1-4-11(16)13(18)5-8/h1-6H,7,18H2,(H,19,20). The molecule has 0 aliphatic carbocycles. The van der Waals surface area contributed by atoms with Crippen LogP contribution >= 0.6 is 11.6 Å². The fourth-order valence-electron chi connectivity index (χ4n) is 1.53. The maximum Gasteiger partial charge on any atom is 0.262 e. The monoisotopic (exact) mass is 312 g/mol. The molecule has 0 aromatic heterocycles. The lowest BCUT2D eigenvalue weighted by Crippen LogP contribution is -2.20. The summed E-state index contributed by atoms with van der Waals surface area (Å²) in [7, 11) is 0. The van der Waals surface area contributed by atoms with Gasteiger partial charge in [-0.2, -0.15) is 0 Å². The molecule has 2 aromatic carbocycles. The van der Waals surface area contributed by atoms with E-state index in [1.54, 1.807) is 0 Å². The van der Waals surface area contributed by atoms with Crippen molar-refractivity contribution in [3.8, 4) is 5.75 Å². The number of carbonyl (C=O) groups is 1. The highest BCUT2D eigenvalue weighted by Gasteiger charge is 2.07. The van der Waals surface area contributed by atoms with Gasteiger partial charge in [-0.3, -0.25) is 4.79 Å². The Morgan fingerprint density at radius 3 is 2.62 bits per heavy atom. The van der Waals surface area contributed by atoms with Crippen molar-refractivity contribution < 1.29 is 18.3 Å². The second-order valence-electron chi connectivity index (χ2n) is 4.15. The zero-order valence-corrected chi connectivity index (χ0v) is 11.5. The number of anilines is 2. The molecule has 3 N–H and O–H groups in total. The summed E-state index contributed by atoms with van der Waals surface area (Å²) in [5.41, 5.74) is 5.64. The Hall–Kier alpha value is -2.34. The Morgan fingerprint density at radius 2 is 1.95 bits per heavy atom. The van der Waals surface area contributed by atoms with E-state index < -0.39 is 17.5 Å². The van der Waals surface area contributed by atoms with Gasteiger partial charge in [0.05, 0.1) is 10.7 Å². The van der Waals surface area contributed by atoms with Gasteiger partial charge in [0.1, 0.15) is 17.4 Å². The van der Waals surface area contributed by atoms with Crippen LogP contribution in [-0.2, 0) is 4.79 Å². The number of carbonyl (C=O) groups excluding carboxylic acids is 1. The molecule has 0 atom stereocenters. The third kappa shape index (κ3) is 4.06. The molecule has 21 heavy (non-hydrogen) atoms. The highest BCUT2D eigenvalue weighted by atomic mass is 35.5. The van der Waals surface area contributed by atoms with E-state index in [0.717, 1.165) is 12.1 Å². The van der Waals surface area contributed by atoms with Crippen molar-refractivity contribution in [3.63, 3.8) is 0 Å². The van der Waals surface area contributed by atoms with Crippen LogP contribution in [-0.4, -0.2) is 12.5 Å². The van der Waals surface area contributed by atoms with Gasteiger partial charge < -0.3 is 15.8 Å². The first kappa shape index (κ1) is 15.1. The summed E-state index contributed by atoms with van der Waals surface area (Å²) in [6.45, 7) is -0.335. The van der Waals surface area contributed by atoms with Crippen LogP contribution in [0.4, 0.5) is 20.2 Å². The molecule has 0 radical (unpaired) electrons. The largest absolute Gasteiger partial charge is 0.484 e. The van der Waals surface area contributed by atoms with E-state index in [0.29, 0.717) is 5.69 Å². The number of halogens is 3. The van der Waals surface area contributed by atoms with Crippen molar-refractivity contribution >= 4 is 28.9 Å². The number of amides is 1. The van der Waals surface area contributed by atoms with Crippen LogP contribution in [0.1, 0.15) is 0 Å². The second kappa shape index (κ2) is 6.41. The van der Waals surface area contributed by atoms with E-state index >= 15 is 0 Å². The fraction of sp³-hybridized carbons (Fsp3) is 0.0714. The van der Waals surface area contributed by atoms with Crippen LogP contribution < -0.4 is 15.8 Å². The molecule has 0 spiro atoms. The maximum absolute atomic E-state index is 13.2. The minimum Gasteiger partial charge on any atom is -0.484 e. The van der Waals surface area contributed by atoms with Gasteiger partial charge in [-0.15, -0.1) is 0 Å². The first-order valence-corrected chi connectivity index (χ1v) is 6.26. The van der Waals surface area contributed by atoms with Gasteiger partial charge in [0, 0.05) is 11.8 Å². The van der Waals surface area contributed by atoms with Crippen molar-refractivity contribution in [3.05, 3.63) is 53.1 Å². The molecule has 0 unspecified atom stereocenters. The average Bonchev–Trinajstić information content (AvgIpc) is 2.44. The number of benzene rings is 2. The van der Waals surface area contributed by atoms with Gasteiger partial charge in [-0.05, 0) is 30.3 Å². The number of nitrogens with one attached hydrogen (secondary N) is 1. The zero-order chi connectivity index (χ0) is 15.4. The number of hydrogen-bond acceptors (Lipinski definition) is 3. The van der Waals surface area contributed by atoms with Crippen molar-refractivity contribution in [1.82, 2.24) is 0 Å². The molecule has 0 heterocycles. The number of nitrogen functional groups attached to an aromatic ring is 1. The minimum absolute atomic E-state index is 0.0337. The molecule has 1 amide bonds. The van der Waals surface area contributed by atoms with Gasteiger partial charge in [0.15, 0.2) is 6.61 Å². The number of hydrogen-bond donors (Lipinski definition) is 2. The van der Waals surface area contributed by atoms with Crippen LogP contribution in [0.5, 0.6) is 5.75 Å². The van der Waals surface area contributed by atoms with Gasteiger partial charge >= 0.3 is 0 Å². The fourth-order valence-corrected chi connectivity index (χ4v) is 1.65. The molecular formula is C14H11ClF2N2O2. The first-order chi connectivity index (χ1) is 9.95. The normalized spacial score (nSPS) is 10.2. The molecular weight excluding hydrogens is 302 g/mol. The van der Waals surface area contributed by atoms with Crippen LogP contribution in [0, 0.1) is 11.6 Å². The topological polar surface area (TPSA) is 64.3 Å². The summed E-state index contributed by atoms with van der Waals surface area (Å²) in [5, 5.41) is 2.44. The quantitative estimate of drug-likeness (QED) is 0.852. The molecule has 7 heteroatoms. The van der Waals surface area contributed by atoms with Crippen molar-refractivity contribution in [2.24, 2.45) is 0 Å². The Labute approximate surface area is 124 Å². The third-order valence-electron chi connectivity index (χ3n) is 2.54. The summed E-state index contributed by atoms with van der Waals surface area (Å²) in [5.74, 6) is -1.52. The molecule has 0 saturated heterocycles. The molecule has 0 aliphatic heterocycles. The van der Waals surface area contributed by atoms with Gasteiger partial charge in [0.25, 0.3) is 5.91 Å². The van der Waals surface area contributed by atoms with E-state index in [1.807, 2.05) is 0 Å². The highest BCUT2D eigenvalue weighted by molar-refractivity contribution is 6.30. The van der Waals surface area contributed by atoms with Crippen LogP contribution in [0.15, 0.2) is 36.4 Å². The molecule has 2 aromatic rings. The summed E-state index contributed by atoms with van der Waals surface area (Å²) < 4.78 is 31.3. The molecule has 2 rings (SSSR count). The van der Waals surface area contributed by atoms with Crippen LogP contribution in [0.25, 0.3) is 0 Å². The Balaban J connectivity index is 1.92. The summed E-state index contributed by atoms with van der Waals surface area (Å²) >= 11 is 5.53. The Morgan fingerprint density at radius 1 is 1.19 bits per heavy atom. The van der Waals surface area contributed by atoms with Crippen molar-refractivity contribution in [1.29, 1.82) is 0 Å². The van der Waals surface area contributed by atoms with E-state index in [9.17, 15) is 13.6 Å². The number of rotatable bonds is 4. The maximum atomic E-state index is 13.2. The van der Waals surface area contributed by atoms with E-state index in [2.05, 4.69) is 5.32 Å². The van der Waals surface area contributed by atoms with Gasteiger partial charge in [-0.25, -0.2) is 8.78 Å². The Bertz CT molecular complexity index is 680. The summed E-state index contributed by atoms with van der Waals surface area (Å²) in [4.78, 5) is 11.6. The van der Waals surface area contributed by atoms with Crippen LogP contribution in [0.2, 0.25) is 5.02 Å². The second-order valence-corrected chi connectivity index (χ2v) is 4.56. The highest BCUT2D eigenvalue weighted by Crippen LogP contribution is 2.20. The predicted octanol–water partition coefficient (Wildman–Crippen LogP) is 3.22. The number of nitrogens with two attached hydrogens (primary N) is 1. The molecule has 0 saturated carbocycles. The van der Waals surface area contributed by atoms with Crippen LogP contribution in [0.3, 0.4) is 0 Å². The smallest absolute Gasteiger partial charge is 0.262 e. The van der Waals surface area contributed by atoms with E-state index in [-0.39, 0.29) is 23.1 Å². The van der Waals surface area contributed by atoms with Gasteiger partial charge in [0.2, 0.25) is 0 Å².